The molecule has 4 rings (SSSR count). The first-order valence-electron chi connectivity index (χ1n) is 8.22. The van der Waals surface area contributed by atoms with Gasteiger partial charge in [0.15, 0.2) is 10.8 Å². The summed E-state index contributed by atoms with van der Waals surface area (Å²) in [5.41, 5.74) is 1.92. The Morgan fingerprint density at radius 1 is 1.28 bits per heavy atom. The van der Waals surface area contributed by atoms with E-state index in [4.69, 9.17) is 16.3 Å². The molecule has 7 heteroatoms. The maximum Gasteiger partial charge on any atom is 0.188 e. The number of aromatic nitrogens is 2. The molecule has 0 spiro atoms. The average Bonchev–Trinajstić information content (AvgIpc) is 3.04. The van der Waals surface area contributed by atoms with Crippen molar-refractivity contribution in [2.24, 2.45) is 0 Å². The van der Waals surface area contributed by atoms with Gasteiger partial charge in [-0.05, 0) is 40.4 Å². The zero-order valence-corrected chi connectivity index (χ0v) is 16.6. The van der Waals surface area contributed by atoms with Crippen molar-refractivity contribution in [3.63, 3.8) is 0 Å². The summed E-state index contributed by atoms with van der Waals surface area (Å²) in [4.78, 5) is 11.3. The van der Waals surface area contributed by atoms with E-state index >= 15 is 0 Å². The monoisotopic (exact) mass is 437 g/mol. The van der Waals surface area contributed by atoms with Crippen LogP contribution < -0.4 is 4.90 Å². The van der Waals surface area contributed by atoms with E-state index in [1.165, 1.54) is 5.56 Å². The lowest BCUT2D eigenvalue weighted by Gasteiger charge is -2.32. The normalized spacial score (nSPS) is 18.0. The van der Waals surface area contributed by atoms with Gasteiger partial charge in [0, 0.05) is 13.1 Å². The molecule has 1 atom stereocenters. The standard InChI is InChI=1S/C18H17BrClN3OS/c19-14-9-15-17(21-16(14)20)22-18(25-15)23-8-4-7-13(10-23)24-11-12-5-2-1-3-6-12/h1-3,5-6,9,13H,4,7-8,10-11H2. The van der Waals surface area contributed by atoms with E-state index in [9.17, 15) is 0 Å². The molecule has 1 aliphatic heterocycles. The third-order valence-electron chi connectivity index (χ3n) is 4.26. The zero-order valence-electron chi connectivity index (χ0n) is 13.5. The van der Waals surface area contributed by atoms with E-state index in [0.717, 1.165) is 40.2 Å². The molecule has 1 saturated heterocycles. The van der Waals surface area contributed by atoms with Crippen LogP contribution in [0.4, 0.5) is 5.13 Å². The third kappa shape index (κ3) is 3.97. The van der Waals surface area contributed by atoms with Gasteiger partial charge in [0.05, 0.1) is 21.9 Å². The van der Waals surface area contributed by atoms with Crippen LogP contribution in [-0.2, 0) is 11.3 Å². The SMILES string of the molecule is Clc1nc2nc(N3CCCC(OCc4ccccc4)C3)sc2cc1Br. The molecule has 0 N–H and O–H groups in total. The molecule has 3 heterocycles. The number of thiazole rings is 1. The van der Waals surface area contributed by atoms with E-state index in [2.05, 4.69) is 42.9 Å². The van der Waals surface area contributed by atoms with E-state index in [0.29, 0.717) is 17.4 Å². The molecular formula is C18H17BrClN3OS. The first-order chi connectivity index (χ1) is 12.2. The Morgan fingerprint density at radius 2 is 2.12 bits per heavy atom. The van der Waals surface area contributed by atoms with Gasteiger partial charge in [-0.2, -0.15) is 4.98 Å². The molecule has 0 amide bonds. The quantitative estimate of drug-likeness (QED) is 0.519. The lowest BCUT2D eigenvalue weighted by atomic mass is 10.1. The average molecular weight is 439 g/mol. The van der Waals surface area contributed by atoms with Gasteiger partial charge in [0.25, 0.3) is 0 Å². The van der Waals surface area contributed by atoms with Crippen LogP contribution in [0.3, 0.4) is 0 Å². The summed E-state index contributed by atoms with van der Waals surface area (Å²) in [5, 5.41) is 1.44. The molecule has 1 aromatic carbocycles. The number of benzene rings is 1. The third-order valence-corrected chi connectivity index (χ3v) is 6.43. The number of hydrogen-bond donors (Lipinski definition) is 0. The molecule has 1 fully saturated rings. The number of piperidine rings is 1. The van der Waals surface area contributed by atoms with Crippen molar-refractivity contribution in [1.82, 2.24) is 9.97 Å². The smallest absolute Gasteiger partial charge is 0.188 e. The lowest BCUT2D eigenvalue weighted by Crippen LogP contribution is -2.39. The van der Waals surface area contributed by atoms with Crippen LogP contribution in [-0.4, -0.2) is 29.2 Å². The van der Waals surface area contributed by atoms with E-state index in [1.54, 1.807) is 11.3 Å². The van der Waals surface area contributed by atoms with Crippen molar-refractivity contribution < 1.29 is 4.74 Å². The highest BCUT2D eigenvalue weighted by Gasteiger charge is 2.23. The molecule has 1 aliphatic rings. The molecule has 25 heavy (non-hydrogen) atoms. The number of hydrogen-bond acceptors (Lipinski definition) is 5. The fourth-order valence-corrected chi connectivity index (χ4v) is 4.57. The largest absolute Gasteiger partial charge is 0.372 e. The number of halogens is 2. The van der Waals surface area contributed by atoms with Gasteiger partial charge in [0.2, 0.25) is 0 Å². The molecule has 130 valence electrons. The summed E-state index contributed by atoms with van der Waals surface area (Å²) < 4.78 is 7.97. The van der Waals surface area contributed by atoms with Crippen molar-refractivity contribution in [2.45, 2.75) is 25.6 Å². The van der Waals surface area contributed by atoms with E-state index in [1.807, 2.05) is 24.3 Å². The van der Waals surface area contributed by atoms with Crippen molar-refractivity contribution in [1.29, 1.82) is 0 Å². The maximum atomic E-state index is 6.12. The van der Waals surface area contributed by atoms with Gasteiger partial charge in [-0.15, -0.1) is 0 Å². The van der Waals surface area contributed by atoms with Gasteiger partial charge in [-0.25, -0.2) is 4.98 Å². The van der Waals surface area contributed by atoms with Gasteiger partial charge in [0.1, 0.15) is 5.15 Å². The van der Waals surface area contributed by atoms with Crippen molar-refractivity contribution in [3.05, 3.63) is 51.6 Å². The summed E-state index contributed by atoms with van der Waals surface area (Å²) in [7, 11) is 0. The summed E-state index contributed by atoms with van der Waals surface area (Å²) in [6.07, 6.45) is 2.42. The number of rotatable bonds is 4. The minimum atomic E-state index is 0.226. The Bertz CT molecular complexity index is 834. The van der Waals surface area contributed by atoms with Crippen molar-refractivity contribution in [2.75, 3.05) is 18.0 Å². The topological polar surface area (TPSA) is 38.2 Å². The molecule has 0 bridgehead atoms. The Hall–Kier alpha value is -1.21. The molecule has 3 aromatic rings. The number of nitrogens with zero attached hydrogens (tertiary/aromatic N) is 3. The van der Waals surface area contributed by atoms with Gasteiger partial charge in [-0.1, -0.05) is 53.3 Å². The minimum Gasteiger partial charge on any atom is -0.372 e. The highest BCUT2D eigenvalue weighted by molar-refractivity contribution is 9.10. The second-order valence-corrected chi connectivity index (χ2v) is 8.31. The summed E-state index contributed by atoms with van der Waals surface area (Å²) in [6, 6.07) is 12.3. The van der Waals surface area contributed by atoms with Gasteiger partial charge in [-0.3, -0.25) is 0 Å². The molecule has 2 aromatic heterocycles. The van der Waals surface area contributed by atoms with E-state index < -0.39 is 0 Å². The number of fused-ring (bicyclic) bond motifs is 1. The van der Waals surface area contributed by atoms with Gasteiger partial charge < -0.3 is 9.64 Å². The van der Waals surface area contributed by atoms with E-state index in [-0.39, 0.29) is 6.10 Å². The minimum absolute atomic E-state index is 0.226. The van der Waals surface area contributed by atoms with Crippen LogP contribution in [0, 0.1) is 0 Å². The predicted octanol–water partition coefficient (Wildman–Crippen LogP) is 5.29. The number of ether oxygens (including phenoxy) is 1. The molecular weight excluding hydrogens is 422 g/mol. The van der Waals surface area contributed by atoms with Gasteiger partial charge >= 0.3 is 0 Å². The molecule has 1 unspecified atom stereocenters. The second kappa shape index (κ2) is 7.58. The summed E-state index contributed by atoms with van der Waals surface area (Å²) in [5.74, 6) is 0. The molecule has 4 nitrogen and oxygen atoms in total. The van der Waals surface area contributed by atoms with Crippen molar-refractivity contribution >= 4 is 54.3 Å². The van der Waals surface area contributed by atoms with Crippen LogP contribution in [0.25, 0.3) is 10.3 Å². The van der Waals surface area contributed by atoms with Crippen molar-refractivity contribution in [3.8, 4) is 0 Å². The number of anilines is 1. The van der Waals surface area contributed by atoms with Crippen LogP contribution in [0.2, 0.25) is 5.15 Å². The Kier molecular flexibility index (Phi) is 5.22. The maximum absolute atomic E-state index is 6.12. The highest BCUT2D eigenvalue weighted by Crippen LogP contribution is 2.33. The summed E-state index contributed by atoms with van der Waals surface area (Å²) >= 11 is 11.2. The van der Waals surface area contributed by atoms with Crippen LogP contribution >= 0.6 is 38.9 Å². The van der Waals surface area contributed by atoms with Crippen LogP contribution in [0.5, 0.6) is 0 Å². The Balaban J connectivity index is 1.45. The fourth-order valence-electron chi connectivity index (χ4n) is 2.98. The Morgan fingerprint density at radius 3 is 2.96 bits per heavy atom. The molecule has 0 saturated carbocycles. The molecule has 0 aliphatic carbocycles. The first-order valence-corrected chi connectivity index (χ1v) is 10.2. The first kappa shape index (κ1) is 17.2. The molecule has 0 radical (unpaired) electrons. The highest BCUT2D eigenvalue weighted by atomic mass is 79.9. The second-order valence-electron chi connectivity index (χ2n) is 6.09. The lowest BCUT2D eigenvalue weighted by molar-refractivity contribution is 0.0316. The predicted molar refractivity (Wildman–Crippen MR) is 107 cm³/mol. The zero-order chi connectivity index (χ0) is 17.2. The Labute approximate surface area is 163 Å². The van der Waals surface area contributed by atoms with Crippen LogP contribution in [0.1, 0.15) is 18.4 Å². The number of pyridine rings is 1. The fraction of sp³-hybridized carbons (Fsp3) is 0.333. The summed E-state index contributed by atoms with van der Waals surface area (Å²) in [6.45, 7) is 2.52. The van der Waals surface area contributed by atoms with Crippen LogP contribution in [0.15, 0.2) is 40.9 Å².